The van der Waals surface area contributed by atoms with Gasteiger partial charge in [-0.2, -0.15) is 0 Å². The van der Waals surface area contributed by atoms with Gasteiger partial charge in [0.15, 0.2) is 11.5 Å². The lowest BCUT2D eigenvalue weighted by Crippen LogP contribution is -2.19. The van der Waals surface area contributed by atoms with E-state index in [0.29, 0.717) is 0 Å². The van der Waals surface area contributed by atoms with E-state index in [9.17, 15) is 4.79 Å². The summed E-state index contributed by atoms with van der Waals surface area (Å²) in [6, 6.07) is 0. The van der Waals surface area contributed by atoms with Crippen molar-refractivity contribution in [3.8, 4) is 0 Å². The van der Waals surface area contributed by atoms with E-state index in [1.807, 2.05) is 0 Å². The predicted molar refractivity (Wildman–Crippen MR) is 40.0 cm³/mol. The molecule has 0 aromatic heterocycles. The van der Waals surface area contributed by atoms with Crippen molar-refractivity contribution in [2.45, 2.75) is 13.8 Å². The maximum Gasteiger partial charge on any atom is 0.183 e. The normalized spacial score (nSPS) is 13.0. The van der Waals surface area contributed by atoms with Gasteiger partial charge in [0, 0.05) is 6.92 Å². The molecular weight excluding hydrogens is 148 g/mol. The Morgan fingerprint density at radius 3 is 2.27 bits per heavy atom. The number of oxime groups is 2. The van der Waals surface area contributed by atoms with E-state index >= 15 is 0 Å². The van der Waals surface area contributed by atoms with Crippen LogP contribution in [0.2, 0.25) is 0 Å². The average Bonchev–Trinajstić information content (AvgIpc) is 1.98. The van der Waals surface area contributed by atoms with Crippen molar-refractivity contribution in [1.29, 1.82) is 0 Å². The van der Waals surface area contributed by atoms with Crippen molar-refractivity contribution in [1.82, 2.24) is 0 Å². The second-order valence-electron chi connectivity index (χ2n) is 1.86. The number of nitrogens with zero attached hydrogens (tertiary/aromatic N) is 2. The van der Waals surface area contributed by atoms with Gasteiger partial charge in [-0.15, -0.1) is 0 Å². The van der Waals surface area contributed by atoms with Crippen molar-refractivity contribution >= 4 is 17.2 Å². The number of carbonyl (C=O) groups excluding carboxylic acids is 1. The SMILES string of the molecule is CON=C(C(C)=O)C(C)=NO. The minimum Gasteiger partial charge on any atom is -0.411 e. The van der Waals surface area contributed by atoms with Gasteiger partial charge in [0.1, 0.15) is 12.8 Å². The number of hydrogen-bond donors (Lipinski definition) is 1. The van der Waals surface area contributed by atoms with Crippen molar-refractivity contribution < 1.29 is 14.8 Å². The van der Waals surface area contributed by atoms with E-state index in [0.717, 1.165) is 0 Å². The van der Waals surface area contributed by atoms with Gasteiger partial charge in [-0.3, -0.25) is 4.79 Å². The van der Waals surface area contributed by atoms with Gasteiger partial charge in [-0.1, -0.05) is 10.3 Å². The fourth-order valence-electron chi connectivity index (χ4n) is 0.524. The van der Waals surface area contributed by atoms with Crippen LogP contribution in [0.3, 0.4) is 0 Å². The lowest BCUT2D eigenvalue weighted by atomic mass is 10.2. The van der Waals surface area contributed by atoms with Gasteiger partial charge in [0.05, 0.1) is 0 Å². The topological polar surface area (TPSA) is 71.2 Å². The molecule has 1 N–H and O–H groups in total. The standard InChI is InChI=1S/C6H10N2O3/c1-4(7-10)6(5(2)9)8-11-3/h10H,1-3H3. The summed E-state index contributed by atoms with van der Waals surface area (Å²) in [5.41, 5.74) is 0.161. The van der Waals surface area contributed by atoms with Crippen LogP contribution in [0, 0.1) is 0 Å². The molecule has 5 heteroatoms. The molecule has 0 radical (unpaired) electrons. The third kappa shape index (κ3) is 2.79. The summed E-state index contributed by atoms with van der Waals surface area (Å²) < 4.78 is 0. The number of Topliss-reactive ketones (excluding diaryl/α,β-unsaturated/α-hetero) is 1. The molecule has 0 saturated carbocycles. The van der Waals surface area contributed by atoms with Crippen LogP contribution in [0.5, 0.6) is 0 Å². The number of rotatable bonds is 3. The first-order valence-electron chi connectivity index (χ1n) is 2.94. The molecule has 0 heterocycles. The first-order valence-corrected chi connectivity index (χ1v) is 2.94. The Hall–Kier alpha value is -1.39. The van der Waals surface area contributed by atoms with Gasteiger partial charge >= 0.3 is 0 Å². The van der Waals surface area contributed by atoms with E-state index in [4.69, 9.17) is 5.21 Å². The highest BCUT2D eigenvalue weighted by Gasteiger charge is 2.10. The van der Waals surface area contributed by atoms with Crippen molar-refractivity contribution in [2.24, 2.45) is 10.3 Å². The molecule has 11 heavy (non-hydrogen) atoms. The Kier molecular flexibility index (Phi) is 3.87. The molecule has 0 spiro atoms. The minimum atomic E-state index is -0.304. The van der Waals surface area contributed by atoms with Crippen LogP contribution < -0.4 is 0 Å². The zero-order valence-electron chi connectivity index (χ0n) is 6.66. The molecular formula is C6H10N2O3. The second kappa shape index (κ2) is 4.43. The van der Waals surface area contributed by atoms with E-state index in [2.05, 4.69) is 15.1 Å². The van der Waals surface area contributed by atoms with Crippen molar-refractivity contribution in [3.05, 3.63) is 0 Å². The Bertz CT molecular complexity index is 208. The summed E-state index contributed by atoms with van der Waals surface area (Å²) in [6.07, 6.45) is 0. The molecule has 62 valence electrons. The van der Waals surface area contributed by atoms with Crippen molar-refractivity contribution in [3.63, 3.8) is 0 Å². The zero-order valence-corrected chi connectivity index (χ0v) is 6.66. The Morgan fingerprint density at radius 1 is 1.45 bits per heavy atom. The molecule has 0 unspecified atom stereocenters. The number of hydrogen-bond acceptors (Lipinski definition) is 5. The van der Waals surface area contributed by atoms with Gasteiger partial charge < -0.3 is 10.0 Å². The first kappa shape index (κ1) is 9.61. The summed E-state index contributed by atoms with van der Waals surface area (Å²) in [6.45, 7) is 2.77. The third-order valence-electron chi connectivity index (χ3n) is 1.01. The van der Waals surface area contributed by atoms with E-state index in [-0.39, 0.29) is 17.2 Å². The molecule has 0 aliphatic rings. The highest BCUT2D eigenvalue weighted by molar-refractivity contribution is 6.66. The largest absolute Gasteiger partial charge is 0.411 e. The molecule has 0 saturated heterocycles. The zero-order chi connectivity index (χ0) is 8.85. The maximum absolute atomic E-state index is 10.7. The highest BCUT2D eigenvalue weighted by atomic mass is 16.6. The quantitative estimate of drug-likeness (QED) is 0.367. The predicted octanol–water partition coefficient (Wildman–Crippen LogP) is 0.428. The van der Waals surface area contributed by atoms with Crippen LogP contribution in [0.15, 0.2) is 10.3 Å². The molecule has 0 aromatic carbocycles. The second-order valence-corrected chi connectivity index (χ2v) is 1.86. The number of carbonyl (C=O) groups is 1. The van der Waals surface area contributed by atoms with Crippen LogP contribution in [0.25, 0.3) is 0 Å². The van der Waals surface area contributed by atoms with Gasteiger partial charge in [0.2, 0.25) is 0 Å². The van der Waals surface area contributed by atoms with Gasteiger partial charge in [-0.25, -0.2) is 0 Å². The molecule has 0 fully saturated rings. The first-order chi connectivity index (χ1) is 5.13. The third-order valence-corrected chi connectivity index (χ3v) is 1.01. The smallest absolute Gasteiger partial charge is 0.183 e. The molecule has 0 amide bonds. The van der Waals surface area contributed by atoms with Crippen molar-refractivity contribution in [2.75, 3.05) is 7.11 Å². The maximum atomic E-state index is 10.7. The number of ketones is 1. The Labute approximate surface area is 64.3 Å². The van der Waals surface area contributed by atoms with Gasteiger partial charge in [0.25, 0.3) is 0 Å². The molecule has 0 aliphatic carbocycles. The molecule has 0 aromatic rings. The minimum absolute atomic E-state index is 0.0231. The average molecular weight is 158 g/mol. The summed E-state index contributed by atoms with van der Waals surface area (Å²) >= 11 is 0. The fourth-order valence-corrected chi connectivity index (χ4v) is 0.524. The highest BCUT2D eigenvalue weighted by Crippen LogP contribution is 1.87. The molecule has 0 bridgehead atoms. The lowest BCUT2D eigenvalue weighted by Gasteiger charge is -1.96. The van der Waals surface area contributed by atoms with Crippen LogP contribution in [0.4, 0.5) is 0 Å². The van der Waals surface area contributed by atoms with Crippen LogP contribution >= 0.6 is 0 Å². The Morgan fingerprint density at radius 2 is 2.00 bits per heavy atom. The summed E-state index contributed by atoms with van der Waals surface area (Å²) in [5.74, 6) is -0.304. The van der Waals surface area contributed by atoms with Crippen LogP contribution in [-0.2, 0) is 9.63 Å². The molecule has 0 atom stereocenters. The van der Waals surface area contributed by atoms with E-state index in [1.165, 1.54) is 21.0 Å². The monoisotopic (exact) mass is 158 g/mol. The van der Waals surface area contributed by atoms with E-state index < -0.39 is 0 Å². The lowest BCUT2D eigenvalue weighted by molar-refractivity contribution is -0.111. The summed E-state index contributed by atoms with van der Waals surface area (Å²) in [4.78, 5) is 15.1. The Balaban J connectivity index is 4.62. The fraction of sp³-hybridized carbons (Fsp3) is 0.500. The van der Waals surface area contributed by atoms with E-state index in [1.54, 1.807) is 0 Å². The van der Waals surface area contributed by atoms with Crippen LogP contribution in [-0.4, -0.2) is 29.5 Å². The summed E-state index contributed by atoms with van der Waals surface area (Å²) in [5, 5.41) is 14.5. The summed E-state index contributed by atoms with van der Waals surface area (Å²) in [7, 11) is 1.31. The molecule has 0 aliphatic heterocycles. The van der Waals surface area contributed by atoms with Crippen LogP contribution in [0.1, 0.15) is 13.8 Å². The van der Waals surface area contributed by atoms with Gasteiger partial charge in [-0.05, 0) is 6.92 Å². The molecule has 5 nitrogen and oxygen atoms in total. The molecule has 0 rings (SSSR count).